The van der Waals surface area contributed by atoms with Crippen molar-refractivity contribution in [2.75, 3.05) is 0 Å². The minimum absolute atomic E-state index is 0.715. The number of nitrogens with one attached hydrogen (secondary N) is 1. The van der Waals surface area contributed by atoms with Gasteiger partial charge in [0.2, 0.25) is 0 Å². The van der Waals surface area contributed by atoms with Crippen LogP contribution in [-0.2, 0) is 0 Å². The van der Waals surface area contributed by atoms with Crippen LogP contribution in [0.4, 0.5) is 0 Å². The Balaban J connectivity index is 2.39. The predicted molar refractivity (Wildman–Crippen MR) is 85.6 cm³/mol. The average molecular weight is 333 g/mol. The molecule has 2 aromatic carbocycles. The Kier molecular flexibility index (Phi) is 3.07. The second-order valence-electron chi connectivity index (χ2n) is 4.74. The smallest absolute Gasteiger partial charge is 0.182 e. The number of nitrogens with zero attached hydrogens (tertiary/aromatic N) is 1. The Morgan fingerprint density at radius 2 is 1.74 bits per heavy atom. The van der Waals surface area contributed by atoms with Crippen LogP contribution >= 0.6 is 28.1 Å². The van der Waals surface area contributed by atoms with Crippen molar-refractivity contribution < 1.29 is 0 Å². The van der Waals surface area contributed by atoms with E-state index in [1.54, 1.807) is 0 Å². The van der Waals surface area contributed by atoms with Gasteiger partial charge in [-0.1, -0.05) is 12.1 Å². The van der Waals surface area contributed by atoms with Crippen molar-refractivity contribution in [2.45, 2.75) is 13.8 Å². The van der Waals surface area contributed by atoms with Crippen molar-refractivity contribution in [1.29, 1.82) is 0 Å². The fourth-order valence-corrected chi connectivity index (χ4v) is 2.99. The van der Waals surface area contributed by atoms with E-state index in [4.69, 9.17) is 12.2 Å². The van der Waals surface area contributed by atoms with Gasteiger partial charge in [0.05, 0.1) is 16.7 Å². The van der Waals surface area contributed by atoms with Crippen LogP contribution in [0.25, 0.3) is 16.7 Å². The maximum atomic E-state index is 5.47. The zero-order valence-electron chi connectivity index (χ0n) is 10.7. The fraction of sp³-hybridized carbons (Fsp3) is 0.133. The van der Waals surface area contributed by atoms with E-state index in [1.807, 2.05) is 0 Å². The Hall–Kier alpha value is -1.39. The second kappa shape index (κ2) is 4.62. The number of aromatic amines is 1. The van der Waals surface area contributed by atoms with Gasteiger partial charge in [0.1, 0.15) is 0 Å². The van der Waals surface area contributed by atoms with Crippen LogP contribution in [0.1, 0.15) is 11.1 Å². The molecule has 2 nitrogen and oxygen atoms in total. The highest BCUT2D eigenvalue weighted by Gasteiger charge is 2.09. The molecule has 0 aliphatic rings. The lowest BCUT2D eigenvalue weighted by Gasteiger charge is -2.08. The van der Waals surface area contributed by atoms with Crippen LogP contribution in [0.15, 0.2) is 40.9 Å². The van der Waals surface area contributed by atoms with Gasteiger partial charge >= 0.3 is 0 Å². The van der Waals surface area contributed by atoms with Crippen molar-refractivity contribution in [3.63, 3.8) is 0 Å². The maximum Gasteiger partial charge on any atom is 0.182 e. The van der Waals surface area contributed by atoms with Gasteiger partial charge in [-0.2, -0.15) is 0 Å². The van der Waals surface area contributed by atoms with E-state index in [9.17, 15) is 0 Å². The molecule has 19 heavy (non-hydrogen) atoms. The highest BCUT2D eigenvalue weighted by Crippen LogP contribution is 2.27. The van der Waals surface area contributed by atoms with Crippen molar-refractivity contribution in [2.24, 2.45) is 0 Å². The first-order valence-corrected chi connectivity index (χ1v) is 7.24. The molecule has 96 valence electrons. The summed E-state index contributed by atoms with van der Waals surface area (Å²) in [7, 11) is 0. The third-order valence-corrected chi connectivity index (χ3v) is 4.14. The van der Waals surface area contributed by atoms with Crippen LogP contribution < -0.4 is 0 Å². The molecule has 4 heteroatoms. The second-order valence-corrected chi connectivity index (χ2v) is 5.98. The van der Waals surface area contributed by atoms with Gasteiger partial charge in [0.15, 0.2) is 4.77 Å². The van der Waals surface area contributed by atoms with E-state index in [2.05, 4.69) is 75.7 Å². The van der Waals surface area contributed by atoms with Crippen molar-refractivity contribution in [3.05, 3.63) is 56.8 Å². The number of hydrogen-bond donors (Lipinski definition) is 1. The first kappa shape index (κ1) is 12.6. The van der Waals surface area contributed by atoms with E-state index in [1.165, 1.54) is 11.1 Å². The van der Waals surface area contributed by atoms with Crippen molar-refractivity contribution >= 4 is 39.2 Å². The summed E-state index contributed by atoms with van der Waals surface area (Å²) in [5.41, 5.74) is 5.67. The number of imidazole rings is 1. The Bertz CT molecular complexity index is 830. The molecule has 0 unspecified atom stereocenters. The molecule has 0 fully saturated rings. The van der Waals surface area contributed by atoms with Gasteiger partial charge in [0.25, 0.3) is 0 Å². The summed E-state index contributed by atoms with van der Waals surface area (Å²) in [6, 6.07) is 12.6. The van der Waals surface area contributed by atoms with Gasteiger partial charge in [0, 0.05) is 4.47 Å². The van der Waals surface area contributed by atoms with Crippen LogP contribution in [0, 0.1) is 18.6 Å². The molecule has 0 saturated heterocycles. The molecular formula is C15H13BrN2S. The minimum atomic E-state index is 0.715. The molecule has 0 aliphatic carbocycles. The molecular weight excluding hydrogens is 320 g/mol. The van der Waals surface area contributed by atoms with Gasteiger partial charge in [-0.05, 0) is 77.4 Å². The average Bonchev–Trinajstić information content (AvgIpc) is 2.67. The van der Waals surface area contributed by atoms with Crippen LogP contribution in [0.2, 0.25) is 0 Å². The lowest BCUT2D eigenvalue weighted by Crippen LogP contribution is -1.96. The summed E-state index contributed by atoms with van der Waals surface area (Å²) < 4.78 is 3.82. The van der Waals surface area contributed by atoms with Crippen molar-refractivity contribution in [1.82, 2.24) is 9.55 Å². The molecule has 1 aromatic heterocycles. The van der Waals surface area contributed by atoms with E-state index in [0.29, 0.717) is 4.77 Å². The summed E-state index contributed by atoms with van der Waals surface area (Å²) in [4.78, 5) is 3.27. The highest BCUT2D eigenvalue weighted by molar-refractivity contribution is 9.10. The number of H-pyrrole nitrogens is 1. The molecule has 0 bridgehead atoms. The first-order valence-electron chi connectivity index (χ1n) is 6.04. The summed E-state index contributed by atoms with van der Waals surface area (Å²) in [5, 5.41) is 0. The summed E-state index contributed by atoms with van der Waals surface area (Å²) in [6.07, 6.45) is 0. The van der Waals surface area contributed by atoms with E-state index in [0.717, 1.165) is 21.2 Å². The number of halogens is 1. The molecule has 0 atom stereocenters. The highest BCUT2D eigenvalue weighted by atomic mass is 79.9. The molecule has 0 amide bonds. The monoisotopic (exact) mass is 332 g/mol. The number of aromatic nitrogens is 2. The van der Waals surface area contributed by atoms with E-state index < -0.39 is 0 Å². The number of rotatable bonds is 1. The predicted octanol–water partition coefficient (Wildman–Crippen LogP) is 5.07. The summed E-state index contributed by atoms with van der Waals surface area (Å²) in [6.45, 7) is 4.16. The van der Waals surface area contributed by atoms with E-state index >= 15 is 0 Å². The van der Waals surface area contributed by atoms with Crippen molar-refractivity contribution in [3.8, 4) is 5.69 Å². The number of aryl methyl sites for hydroxylation is 2. The number of hydrogen-bond acceptors (Lipinski definition) is 1. The Labute approximate surface area is 125 Å². The molecule has 0 aliphatic heterocycles. The normalized spacial score (nSPS) is 11.1. The lowest BCUT2D eigenvalue weighted by molar-refractivity contribution is 1.05. The summed E-state index contributed by atoms with van der Waals surface area (Å²) >= 11 is 9.07. The fourth-order valence-electron chi connectivity index (χ4n) is 2.26. The molecule has 3 aromatic rings. The first-order chi connectivity index (χ1) is 9.06. The molecule has 0 radical (unpaired) electrons. The molecule has 0 spiro atoms. The van der Waals surface area contributed by atoms with Crippen LogP contribution in [0.5, 0.6) is 0 Å². The molecule has 1 heterocycles. The molecule has 0 saturated carbocycles. The lowest BCUT2D eigenvalue weighted by atomic mass is 10.2. The standard InChI is InChI=1S/C15H13BrN2S/c1-9-4-6-13-12(7-9)17-15(19)18(13)14-8-10(2)3-5-11(14)16/h3-8H,1-2H3,(H,17,19). The zero-order valence-corrected chi connectivity index (χ0v) is 13.1. The van der Waals surface area contributed by atoms with E-state index in [-0.39, 0.29) is 0 Å². The third kappa shape index (κ3) is 2.15. The maximum absolute atomic E-state index is 5.47. The van der Waals surface area contributed by atoms with Crippen LogP contribution in [0.3, 0.4) is 0 Å². The molecule has 1 N–H and O–H groups in total. The number of benzene rings is 2. The Morgan fingerprint density at radius 3 is 2.53 bits per heavy atom. The van der Waals surface area contributed by atoms with Crippen LogP contribution in [-0.4, -0.2) is 9.55 Å². The largest absolute Gasteiger partial charge is 0.330 e. The minimum Gasteiger partial charge on any atom is -0.330 e. The Morgan fingerprint density at radius 1 is 1.05 bits per heavy atom. The SMILES string of the molecule is Cc1ccc(Br)c(-n2c(=S)[nH]c3cc(C)ccc32)c1. The quantitative estimate of drug-likeness (QED) is 0.617. The third-order valence-electron chi connectivity index (χ3n) is 3.18. The molecule has 3 rings (SSSR count). The van der Waals surface area contributed by atoms with Gasteiger partial charge in [-0.15, -0.1) is 0 Å². The van der Waals surface area contributed by atoms with Gasteiger partial charge in [-0.3, -0.25) is 4.57 Å². The van der Waals surface area contributed by atoms with Gasteiger partial charge < -0.3 is 4.98 Å². The zero-order chi connectivity index (χ0) is 13.6. The topological polar surface area (TPSA) is 20.7 Å². The summed E-state index contributed by atoms with van der Waals surface area (Å²) in [5.74, 6) is 0. The number of fused-ring (bicyclic) bond motifs is 1. The van der Waals surface area contributed by atoms with Gasteiger partial charge in [-0.25, -0.2) is 0 Å².